The Balaban J connectivity index is 2.40. The number of hydrogen-bond donors (Lipinski definition) is 2. The molecule has 2 aromatic rings. The molecule has 4 nitrogen and oxygen atoms in total. The van der Waals surface area contributed by atoms with Crippen molar-refractivity contribution in [3.8, 4) is 0 Å². The maximum absolute atomic E-state index is 11.2. The molecule has 1 aromatic heterocycles. The van der Waals surface area contributed by atoms with Crippen molar-refractivity contribution in [2.75, 3.05) is 5.32 Å². The van der Waals surface area contributed by atoms with E-state index in [1.165, 1.54) is 11.5 Å². The van der Waals surface area contributed by atoms with Crippen LogP contribution in [0.15, 0.2) is 18.2 Å². The number of rotatable bonds is 3. The Morgan fingerprint density at radius 2 is 2.06 bits per heavy atom. The number of aryl methyl sites for hydroxylation is 3. The van der Waals surface area contributed by atoms with E-state index in [0.717, 1.165) is 16.8 Å². The van der Waals surface area contributed by atoms with Crippen LogP contribution in [-0.4, -0.2) is 15.4 Å². The summed E-state index contributed by atoms with van der Waals surface area (Å²) in [5.41, 5.74) is 3.91. The van der Waals surface area contributed by atoms with E-state index < -0.39 is 5.97 Å². The lowest BCUT2D eigenvalue weighted by molar-refractivity contribution is 0.0697. The first-order valence-electron chi connectivity index (χ1n) is 5.53. The SMILES string of the molecule is Cc1ccc(C)c(Nc2snc(C)c2C(=O)O)c1. The number of carboxylic acids is 1. The normalized spacial score (nSPS) is 10.4. The molecule has 0 spiro atoms. The third kappa shape index (κ3) is 2.36. The van der Waals surface area contributed by atoms with E-state index in [4.69, 9.17) is 5.11 Å². The van der Waals surface area contributed by atoms with Crippen LogP contribution in [0.5, 0.6) is 0 Å². The Morgan fingerprint density at radius 3 is 2.72 bits per heavy atom. The lowest BCUT2D eigenvalue weighted by Crippen LogP contribution is -2.02. The number of nitrogens with zero attached hydrogens (tertiary/aromatic N) is 1. The first kappa shape index (κ1) is 12.6. The largest absolute Gasteiger partial charge is 0.478 e. The van der Waals surface area contributed by atoms with Crippen molar-refractivity contribution in [1.29, 1.82) is 0 Å². The minimum absolute atomic E-state index is 0.251. The average Bonchev–Trinajstić information content (AvgIpc) is 2.65. The van der Waals surface area contributed by atoms with E-state index in [1.54, 1.807) is 6.92 Å². The van der Waals surface area contributed by atoms with Gasteiger partial charge < -0.3 is 10.4 Å². The molecule has 0 aliphatic rings. The maximum atomic E-state index is 11.2. The highest BCUT2D eigenvalue weighted by Crippen LogP contribution is 2.29. The molecule has 2 rings (SSSR count). The van der Waals surface area contributed by atoms with Crippen molar-refractivity contribution in [3.63, 3.8) is 0 Å². The van der Waals surface area contributed by atoms with Crippen LogP contribution >= 0.6 is 11.5 Å². The number of carboxylic acid groups (broad SMARTS) is 1. The van der Waals surface area contributed by atoms with Crippen molar-refractivity contribution in [1.82, 2.24) is 4.37 Å². The number of anilines is 2. The molecule has 18 heavy (non-hydrogen) atoms. The lowest BCUT2D eigenvalue weighted by atomic mass is 10.1. The standard InChI is InChI=1S/C13H14N2O2S/c1-7-4-5-8(2)10(6-7)14-12-11(13(16)17)9(3)15-18-12/h4-6,14H,1-3H3,(H,16,17). The fourth-order valence-corrected chi connectivity index (χ4v) is 2.50. The fraction of sp³-hybridized carbons (Fsp3) is 0.231. The molecule has 0 unspecified atom stereocenters. The summed E-state index contributed by atoms with van der Waals surface area (Å²) in [4.78, 5) is 11.2. The van der Waals surface area contributed by atoms with Gasteiger partial charge in [-0.2, -0.15) is 4.37 Å². The lowest BCUT2D eigenvalue weighted by Gasteiger charge is -2.09. The van der Waals surface area contributed by atoms with Crippen LogP contribution in [0.3, 0.4) is 0 Å². The summed E-state index contributed by atoms with van der Waals surface area (Å²) >= 11 is 1.17. The Bertz CT molecular complexity index is 605. The minimum Gasteiger partial charge on any atom is -0.478 e. The second-order valence-corrected chi connectivity index (χ2v) is 4.99. The number of carbonyl (C=O) groups is 1. The molecular formula is C13H14N2O2S. The zero-order valence-electron chi connectivity index (χ0n) is 10.4. The zero-order valence-corrected chi connectivity index (χ0v) is 11.3. The smallest absolute Gasteiger partial charge is 0.340 e. The van der Waals surface area contributed by atoms with Crippen LogP contribution in [-0.2, 0) is 0 Å². The van der Waals surface area contributed by atoms with Gasteiger partial charge in [0.1, 0.15) is 10.6 Å². The van der Waals surface area contributed by atoms with Crippen LogP contribution < -0.4 is 5.32 Å². The average molecular weight is 262 g/mol. The van der Waals surface area contributed by atoms with E-state index in [9.17, 15) is 4.79 Å². The predicted octanol–water partition coefficient (Wildman–Crippen LogP) is 3.51. The van der Waals surface area contributed by atoms with Gasteiger partial charge in [-0.25, -0.2) is 4.79 Å². The molecule has 2 N–H and O–H groups in total. The Hall–Kier alpha value is -1.88. The molecule has 0 aliphatic heterocycles. The first-order chi connectivity index (χ1) is 8.49. The van der Waals surface area contributed by atoms with E-state index in [1.807, 2.05) is 32.0 Å². The third-order valence-corrected chi connectivity index (χ3v) is 3.57. The fourth-order valence-electron chi connectivity index (χ4n) is 1.70. The van der Waals surface area contributed by atoms with Crippen molar-refractivity contribution in [3.05, 3.63) is 40.6 Å². The second-order valence-electron chi connectivity index (χ2n) is 4.22. The van der Waals surface area contributed by atoms with E-state index in [0.29, 0.717) is 10.7 Å². The predicted molar refractivity (Wildman–Crippen MR) is 73.0 cm³/mol. The molecule has 0 atom stereocenters. The van der Waals surface area contributed by atoms with E-state index in [-0.39, 0.29) is 5.56 Å². The number of hydrogen-bond acceptors (Lipinski definition) is 4. The number of aromatic carboxylic acids is 1. The number of aromatic nitrogens is 1. The molecule has 0 saturated heterocycles. The maximum Gasteiger partial charge on any atom is 0.340 e. The van der Waals surface area contributed by atoms with Crippen LogP contribution in [0.2, 0.25) is 0 Å². The minimum atomic E-state index is -0.950. The molecule has 5 heteroatoms. The Morgan fingerprint density at radius 1 is 1.33 bits per heavy atom. The molecule has 0 bridgehead atoms. The van der Waals surface area contributed by atoms with Crippen molar-refractivity contribution >= 4 is 28.2 Å². The van der Waals surface area contributed by atoms with Crippen LogP contribution in [0.4, 0.5) is 10.7 Å². The van der Waals surface area contributed by atoms with Gasteiger partial charge in [0.2, 0.25) is 0 Å². The highest BCUT2D eigenvalue weighted by molar-refractivity contribution is 7.10. The number of benzene rings is 1. The third-order valence-electron chi connectivity index (χ3n) is 2.72. The second kappa shape index (κ2) is 4.78. The quantitative estimate of drug-likeness (QED) is 0.888. The first-order valence-corrected chi connectivity index (χ1v) is 6.30. The van der Waals surface area contributed by atoms with Crippen LogP contribution in [0.1, 0.15) is 27.2 Å². The van der Waals surface area contributed by atoms with Crippen molar-refractivity contribution in [2.45, 2.75) is 20.8 Å². The molecule has 0 fully saturated rings. The highest BCUT2D eigenvalue weighted by atomic mass is 32.1. The van der Waals surface area contributed by atoms with Gasteiger partial charge in [-0.15, -0.1) is 0 Å². The van der Waals surface area contributed by atoms with Gasteiger partial charge in [0.05, 0.1) is 5.69 Å². The van der Waals surface area contributed by atoms with Gasteiger partial charge in [0.15, 0.2) is 0 Å². The van der Waals surface area contributed by atoms with Crippen LogP contribution in [0, 0.1) is 20.8 Å². The zero-order chi connectivity index (χ0) is 13.3. The van der Waals surface area contributed by atoms with Gasteiger partial charge in [0.25, 0.3) is 0 Å². The monoisotopic (exact) mass is 262 g/mol. The molecular weight excluding hydrogens is 248 g/mol. The number of nitrogens with one attached hydrogen (secondary N) is 1. The van der Waals surface area contributed by atoms with Gasteiger partial charge in [-0.05, 0) is 49.5 Å². The summed E-state index contributed by atoms with van der Waals surface area (Å²) in [7, 11) is 0. The molecule has 0 saturated carbocycles. The summed E-state index contributed by atoms with van der Waals surface area (Å²) in [5.74, 6) is -0.950. The Labute approximate surface area is 109 Å². The molecule has 0 amide bonds. The molecule has 1 heterocycles. The van der Waals surface area contributed by atoms with E-state index >= 15 is 0 Å². The molecule has 1 aromatic carbocycles. The molecule has 0 aliphatic carbocycles. The molecule has 94 valence electrons. The van der Waals surface area contributed by atoms with Crippen molar-refractivity contribution in [2.24, 2.45) is 0 Å². The van der Waals surface area contributed by atoms with E-state index in [2.05, 4.69) is 9.69 Å². The van der Waals surface area contributed by atoms with Gasteiger partial charge in [-0.1, -0.05) is 12.1 Å². The van der Waals surface area contributed by atoms with Gasteiger partial charge >= 0.3 is 5.97 Å². The van der Waals surface area contributed by atoms with Gasteiger partial charge in [-0.3, -0.25) is 0 Å². The van der Waals surface area contributed by atoms with Gasteiger partial charge in [0, 0.05) is 5.69 Å². The summed E-state index contributed by atoms with van der Waals surface area (Å²) < 4.78 is 4.08. The summed E-state index contributed by atoms with van der Waals surface area (Å²) in [6, 6.07) is 6.03. The molecule has 0 radical (unpaired) electrons. The van der Waals surface area contributed by atoms with Crippen molar-refractivity contribution < 1.29 is 9.90 Å². The summed E-state index contributed by atoms with van der Waals surface area (Å²) in [5, 5.41) is 12.9. The highest BCUT2D eigenvalue weighted by Gasteiger charge is 2.17. The topological polar surface area (TPSA) is 62.2 Å². The Kier molecular flexibility index (Phi) is 3.34. The summed E-state index contributed by atoms with van der Waals surface area (Å²) in [6.45, 7) is 5.69. The summed E-state index contributed by atoms with van der Waals surface area (Å²) in [6.07, 6.45) is 0. The van der Waals surface area contributed by atoms with Crippen LogP contribution in [0.25, 0.3) is 0 Å².